The van der Waals surface area contributed by atoms with Gasteiger partial charge >= 0.3 is 6.18 Å². The quantitative estimate of drug-likeness (QED) is 0.788. The van der Waals surface area contributed by atoms with Gasteiger partial charge in [-0.3, -0.25) is 9.89 Å². The lowest BCUT2D eigenvalue weighted by Gasteiger charge is -2.13. The van der Waals surface area contributed by atoms with Gasteiger partial charge < -0.3 is 11.1 Å². The normalized spacial score (nSPS) is 11.0. The first-order chi connectivity index (χ1) is 9.81. The Morgan fingerprint density at radius 1 is 1.38 bits per heavy atom. The van der Waals surface area contributed by atoms with Crippen LogP contribution < -0.4 is 11.1 Å². The number of hydrogen-bond donors (Lipinski definition) is 3. The molecule has 6 nitrogen and oxygen atoms in total. The van der Waals surface area contributed by atoms with Gasteiger partial charge in [0.1, 0.15) is 11.5 Å². The smallest absolute Gasteiger partial charge is 0.382 e. The average molecular weight is 295 g/mol. The second-order valence-electron chi connectivity index (χ2n) is 4.03. The van der Waals surface area contributed by atoms with E-state index in [2.05, 4.69) is 15.5 Å². The van der Waals surface area contributed by atoms with E-state index in [1.807, 2.05) is 0 Å². The van der Waals surface area contributed by atoms with E-state index < -0.39 is 23.3 Å². The van der Waals surface area contributed by atoms with E-state index >= 15 is 0 Å². The average Bonchev–Trinajstić information content (AvgIpc) is 2.84. The first-order valence-electron chi connectivity index (χ1n) is 5.55. The Balaban J connectivity index is 2.36. The molecule has 0 spiro atoms. The second-order valence-corrected chi connectivity index (χ2v) is 4.03. The molecule has 108 valence electrons. The highest BCUT2D eigenvalue weighted by atomic mass is 19.4. The van der Waals surface area contributed by atoms with E-state index in [9.17, 15) is 18.0 Å². The maximum absolute atomic E-state index is 12.9. The maximum atomic E-state index is 12.9. The fraction of sp³-hybridized carbons (Fsp3) is 0.0833. The zero-order valence-electron chi connectivity index (χ0n) is 10.3. The SMILES string of the molecule is N#Cc1ccc(NC(=O)c2cc(N)n[nH]2)c(C(F)(F)F)c1. The molecule has 4 N–H and O–H groups in total. The summed E-state index contributed by atoms with van der Waals surface area (Å²) in [6.45, 7) is 0. The summed E-state index contributed by atoms with van der Waals surface area (Å²) < 4.78 is 38.8. The van der Waals surface area contributed by atoms with Crippen molar-refractivity contribution in [3.63, 3.8) is 0 Å². The van der Waals surface area contributed by atoms with E-state index in [-0.39, 0.29) is 17.1 Å². The van der Waals surface area contributed by atoms with E-state index in [0.29, 0.717) is 6.07 Å². The predicted octanol–water partition coefficient (Wildman–Crippen LogP) is 2.13. The molecule has 1 aromatic heterocycles. The van der Waals surface area contributed by atoms with Gasteiger partial charge in [-0.2, -0.15) is 23.5 Å². The highest BCUT2D eigenvalue weighted by molar-refractivity contribution is 6.03. The fourth-order valence-electron chi connectivity index (χ4n) is 1.60. The van der Waals surface area contributed by atoms with Crippen LogP contribution in [0.5, 0.6) is 0 Å². The zero-order chi connectivity index (χ0) is 15.6. The van der Waals surface area contributed by atoms with Crippen molar-refractivity contribution >= 4 is 17.4 Å². The number of carbonyl (C=O) groups is 1. The zero-order valence-corrected chi connectivity index (χ0v) is 10.3. The Morgan fingerprint density at radius 3 is 2.62 bits per heavy atom. The molecular weight excluding hydrogens is 287 g/mol. The lowest BCUT2D eigenvalue weighted by Crippen LogP contribution is -2.17. The first kappa shape index (κ1) is 14.4. The van der Waals surface area contributed by atoms with Crippen LogP contribution in [0.2, 0.25) is 0 Å². The molecular formula is C12H8F3N5O. The number of nitrogens with one attached hydrogen (secondary N) is 2. The summed E-state index contributed by atoms with van der Waals surface area (Å²) >= 11 is 0. The number of nitrogens with zero attached hydrogens (tertiary/aromatic N) is 2. The maximum Gasteiger partial charge on any atom is 0.418 e. The Labute approximate surface area is 116 Å². The lowest BCUT2D eigenvalue weighted by atomic mass is 10.1. The highest BCUT2D eigenvalue weighted by Gasteiger charge is 2.34. The van der Waals surface area contributed by atoms with Gasteiger partial charge in [-0.25, -0.2) is 0 Å². The highest BCUT2D eigenvalue weighted by Crippen LogP contribution is 2.35. The Bertz CT molecular complexity index is 729. The van der Waals surface area contributed by atoms with Crippen LogP contribution in [-0.2, 0) is 6.18 Å². The molecule has 2 aromatic rings. The molecule has 0 aliphatic rings. The third kappa shape index (κ3) is 3.11. The van der Waals surface area contributed by atoms with Crippen LogP contribution in [0.25, 0.3) is 0 Å². The second kappa shape index (κ2) is 5.16. The lowest BCUT2D eigenvalue weighted by molar-refractivity contribution is -0.136. The molecule has 0 radical (unpaired) electrons. The molecule has 0 saturated carbocycles. The molecule has 2 rings (SSSR count). The number of aromatic amines is 1. The van der Waals surface area contributed by atoms with Gasteiger partial charge in [-0.1, -0.05) is 0 Å². The van der Waals surface area contributed by atoms with Crippen molar-refractivity contribution in [2.45, 2.75) is 6.18 Å². The number of hydrogen-bond acceptors (Lipinski definition) is 4. The summed E-state index contributed by atoms with van der Waals surface area (Å²) in [5.74, 6) is -0.787. The molecule has 0 saturated heterocycles. The van der Waals surface area contributed by atoms with Crippen molar-refractivity contribution < 1.29 is 18.0 Å². The molecule has 0 fully saturated rings. The molecule has 0 atom stereocenters. The fourth-order valence-corrected chi connectivity index (χ4v) is 1.60. The molecule has 0 aliphatic heterocycles. The van der Waals surface area contributed by atoms with Gasteiger partial charge in [0, 0.05) is 6.07 Å². The van der Waals surface area contributed by atoms with Crippen LogP contribution >= 0.6 is 0 Å². The van der Waals surface area contributed by atoms with Crippen LogP contribution in [0.4, 0.5) is 24.7 Å². The summed E-state index contributed by atoms with van der Waals surface area (Å²) in [6.07, 6.45) is -4.71. The van der Waals surface area contributed by atoms with Gasteiger partial charge in [0.15, 0.2) is 0 Å². The molecule has 0 aliphatic carbocycles. The number of anilines is 2. The third-order valence-corrected chi connectivity index (χ3v) is 2.54. The monoisotopic (exact) mass is 295 g/mol. The largest absolute Gasteiger partial charge is 0.418 e. The van der Waals surface area contributed by atoms with Crippen LogP contribution in [0.15, 0.2) is 24.3 Å². The number of nitriles is 1. The minimum atomic E-state index is -4.71. The summed E-state index contributed by atoms with van der Waals surface area (Å²) in [7, 11) is 0. The van der Waals surface area contributed by atoms with Crippen molar-refractivity contribution in [2.24, 2.45) is 0 Å². The predicted molar refractivity (Wildman–Crippen MR) is 67.1 cm³/mol. The Hall–Kier alpha value is -3.02. The minimum Gasteiger partial charge on any atom is -0.382 e. The first-order valence-corrected chi connectivity index (χ1v) is 5.55. The van der Waals surface area contributed by atoms with Gasteiger partial charge in [-0.05, 0) is 18.2 Å². The number of rotatable bonds is 2. The van der Waals surface area contributed by atoms with Gasteiger partial charge in [-0.15, -0.1) is 0 Å². The van der Waals surface area contributed by atoms with E-state index in [1.165, 1.54) is 12.1 Å². The third-order valence-electron chi connectivity index (χ3n) is 2.54. The van der Waals surface area contributed by atoms with Crippen LogP contribution in [0.3, 0.4) is 0 Å². The number of amides is 1. The van der Waals surface area contributed by atoms with E-state index in [4.69, 9.17) is 11.0 Å². The van der Waals surface area contributed by atoms with E-state index in [0.717, 1.165) is 6.07 Å². The topological polar surface area (TPSA) is 108 Å². The minimum absolute atomic E-state index is 0.0380. The number of halogens is 3. The number of carbonyl (C=O) groups excluding carboxylic acids is 1. The van der Waals surface area contributed by atoms with Crippen molar-refractivity contribution in [1.82, 2.24) is 10.2 Å². The summed E-state index contributed by atoms with van der Waals surface area (Å²) in [5, 5.41) is 16.5. The number of alkyl halides is 3. The number of nitrogen functional groups attached to an aromatic ring is 1. The summed E-state index contributed by atoms with van der Waals surface area (Å²) in [4.78, 5) is 11.8. The summed E-state index contributed by atoms with van der Waals surface area (Å²) in [5.41, 5.74) is 3.50. The van der Waals surface area contributed by atoms with Crippen molar-refractivity contribution in [3.05, 3.63) is 41.1 Å². The van der Waals surface area contributed by atoms with Crippen LogP contribution in [0, 0.1) is 11.3 Å². The Kier molecular flexibility index (Phi) is 3.54. The molecule has 9 heteroatoms. The molecule has 1 aromatic carbocycles. The van der Waals surface area contributed by atoms with Crippen molar-refractivity contribution in [3.8, 4) is 6.07 Å². The van der Waals surface area contributed by atoms with Crippen molar-refractivity contribution in [2.75, 3.05) is 11.1 Å². The molecule has 0 unspecified atom stereocenters. The number of aromatic nitrogens is 2. The number of nitrogens with two attached hydrogens (primary N) is 1. The molecule has 1 heterocycles. The van der Waals surface area contributed by atoms with E-state index in [1.54, 1.807) is 6.07 Å². The molecule has 1 amide bonds. The summed E-state index contributed by atoms with van der Waals surface area (Å²) in [6, 6.07) is 5.65. The van der Waals surface area contributed by atoms with Crippen LogP contribution in [-0.4, -0.2) is 16.1 Å². The number of H-pyrrole nitrogens is 1. The standard InChI is InChI=1S/C12H8F3N5O/c13-12(14,15)7-3-6(5-16)1-2-8(7)18-11(21)9-4-10(17)20-19-9/h1-4H,(H,18,21)(H3,17,19,20). The molecule has 21 heavy (non-hydrogen) atoms. The molecule has 0 bridgehead atoms. The number of benzene rings is 1. The van der Waals surface area contributed by atoms with Crippen molar-refractivity contribution in [1.29, 1.82) is 5.26 Å². The van der Waals surface area contributed by atoms with Gasteiger partial charge in [0.05, 0.1) is 22.9 Å². The van der Waals surface area contributed by atoms with Gasteiger partial charge in [0.2, 0.25) is 0 Å². The van der Waals surface area contributed by atoms with Gasteiger partial charge in [0.25, 0.3) is 5.91 Å². The van der Waals surface area contributed by atoms with Crippen LogP contribution in [0.1, 0.15) is 21.6 Å². The Morgan fingerprint density at radius 2 is 2.10 bits per heavy atom.